The number of aromatic amines is 1. The van der Waals surface area contributed by atoms with Crippen molar-refractivity contribution in [2.45, 2.75) is 25.0 Å². The van der Waals surface area contributed by atoms with Gasteiger partial charge < -0.3 is 9.84 Å². The highest BCUT2D eigenvalue weighted by atomic mass is 19.2. The van der Waals surface area contributed by atoms with Gasteiger partial charge in [-0.25, -0.2) is 22.8 Å². The molecule has 3 heterocycles. The number of halogens is 3. The molecule has 0 unspecified atom stereocenters. The van der Waals surface area contributed by atoms with Crippen molar-refractivity contribution in [1.29, 1.82) is 0 Å². The maximum atomic E-state index is 14.3. The van der Waals surface area contributed by atoms with Gasteiger partial charge in [-0.2, -0.15) is 5.10 Å². The first-order valence-corrected chi connectivity index (χ1v) is 11.0. The molecule has 1 spiro atoms. The van der Waals surface area contributed by atoms with E-state index in [4.69, 9.17) is 9.84 Å². The largest absolute Gasteiger partial charge is 0.478 e. The van der Waals surface area contributed by atoms with Crippen LogP contribution in [0.25, 0.3) is 11.3 Å². The number of ether oxygens (including phenoxy) is 1. The van der Waals surface area contributed by atoms with Gasteiger partial charge in [0.2, 0.25) is 0 Å². The molecule has 1 aromatic heterocycles. The summed E-state index contributed by atoms with van der Waals surface area (Å²) in [5, 5.41) is 15.7. The lowest BCUT2D eigenvalue weighted by molar-refractivity contribution is -0.000940. The summed E-state index contributed by atoms with van der Waals surface area (Å²) in [6, 6.07) is 7.36. The van der Waals surface area contributed by atoms with Crippen LogP contribution in [0.5, 0.6) is 0 Å². The van der Waals surface area contributed by atoms with E-state index in [1.54, 1.807) is 12.1 Å². The zero-order chi connectivity index (χ0) is 24.7. The Labute approximate surface area is 197 Å². The Morgan fingerprint density at radius 2 is 1.77 bits per heavy atom. The van der Waals surface area contributed by atoms with Gasteiger partial charge in [-0.05, 0) is 30.3 Å². The van der Waals surface area contributed by atoms with Gasteiger partial charge in [0.25, 0.3) is 0 Å². The Bertz CT molecular complexity index is 1290. The molecular formula is C24H21F3N4O4. The molecule has 2 fully saturated rings. The van der Waals surface area contributed by atoms with Crippen LogP contribution in [-0.2, 0) is 11.3 Å². The van der Waals surface area contributed by atoms with Crippen molar-refractivity contribution in [3.05, 3.63) is 71.2 Å². The molecule has 2 aliphatic rings. The third-order valence-corrected chi connectivity index (χ3v) is 6.55. The average Bonchev–Trinajstić information content (AvgIpc) is 3.42. The van der Waals surface area contributed by atoms with Gasteiger partial charge in [-0.1, -0.05) is 0 Å². The number of piperidine rings is 1. The number of aromatic nitrogens is 2. The minimum atomic E-state index is -1.26. The number of likely N-dealkylation sites (tertiary alicyclic amines) is 1. The van der Waals surface area contributed by atoms with Crippen LogP contribution in [0.2, 0.25) is 0 Å². The van der Waals surface area contributed by atoms with Gasteiger partial charge in [0.1, 0.15) is 11.4 Å². The summed E-state index contributed by atoms with van der Waals surface area (Å²) < 4.78 is 47.0. The van der Waals surface area contributed by atoms with Crippen LogP contribution >= 0.6 is 0 Å². The number of benzene rings is 2. The van der Waals surface area contributed by atoms with Crippen LogP contribution in [0, 0.1) is 17.5 Å². The van der Waals surface area contributed by atoms with Crippen molar-refractivity contribution in [2.24, 2.45) is 0 Å². The minimum Gasteiger partial charge on any atom is -0.478 e. The van der Waals surface area contributed by atoms with Gasteiger partial charge >= 0.3 is 12.1 Å². The van der Waals surface area contributed by atoms with Crippen molar-refractivity contribution in [2.75, 3.05) is 24.5 Å². The predicted molar refractivity (Wildman–Crippen MR) is 118 cm³/mol. The monoisotopic (exact) mass is 486 g/mol. The molecule has 8 nitrogen and oxygen atoms in total. The van der Waals surface area contributed by atoms with Crippen LogP contribution in [0.15, 0.2) is 42.6 Å². The first-order chi connectivity index (χ1) is 16.7. The van der Waals surface area contributed by atoms with Gasteiger partial charge in [0, 0.05) is 55.4 Å². The van der Waals surface area contributed by atoms with Crippen LogP contribution in [0.3, 0.4) is 0 Å². The van der Waals surface area contributed by atoms with E-state index >= 15 is 0 Å². The van der Waals surface area contributed by atoms with Crippen LogP contribution < -0.4 is 4.90 Å². The van der Waals surface area contributed by atoms with Gasteiger partial charge in [0.15, 0.2) is 11.6 Å². The molecule has 182 valence electrons. The summed E-state index contributed by atoms with van der Waals surface area (Å²) in [6.45, 7) is 1.92. The molecule has 0 aliphatic carbocycles. The van der Waals surface area contributed by atoms with Gasteiger partial charge in [-0.3, -0.25) is 14.9 Å². The van der Waals surface area contributed by atoms with E-state index in [1.807, 2.05) is 0 Å². The summed E-state index contributed by atoms with van der Waals surface area (Å²) in [5.74, 6) is -4.34. The Morgan fingerprint density at radius 3 is 2.46 bits per heavy atom. The van der Waals surface area contributed by atoms with E-state index in [0.29, 0.717) is 56.3 Å². The van der Waals surface area contributed by atoms with Crippen molar-refractivity contribution in [3.63, 3.8) is 0 Å². The molecule has 3 aromatic rings. The first kappa shape index (κ1) is 22.9. The fourth-order valence-corrected chi connectivity index (χ4v) is 4.60. The summed E-state index contributed by atoms with van der Waals surface area (Å²) >= 11 is 0. The number of carboxylic acids is 1. The van der Waals surface area contributed by atoms with Crippen LogP contribution in [0.1, 0.15) is 28.8 Å². The third-order valence-electron chi connectivity index (χ3n) is 6.55. The molecule has 5 rings (SSSR count). The van der Waals surface area contributed by atoms with Gasteiger partial charge in [0.05, 0.1) is 24.0 Å². The molecule has 0 radical (unpaired) electrons. The Morgan fingerprint density at radius 1 is 1.09 bits per heavy atom. The highest BCUT2D eigenvalue weighted by Crippen LogP contribution is 2.36. The van der Waals surface area contributed by atoms with E-state index in [0.717, 1.165) is 6.07 Å². The third kappa shape index (κ3) is 4.34. The van der Waals surface area contributed by atoms with E-state index in [9.17, 15) is 22.8 Å². The molecule has 11 heteroatoms. The molecule has 2 saturated heterocycles. The SMILES string of the molecule is O=C(O)c1ccc(N2CC3(CCN(Cc4cn[nH]c4-c4cc(F)c(F)cc4F)CC3)OC2=O)cc1. The van der Waals surface area contributed by atoms with Crippen molar-refractivity contribution >= 4 is 17.7 Å². The van der Waals surface area contributed by atoms with Crippen LogP contribution in [0.4, 0.5) is 23.7 Å². The highest BCUT2D eigenvalue weighted by molar-refractivity contribution is 5.92. The molecule has 0 atom stereocenters. The predicted octanol–water partition coefficient (Wildman–Crippen LogP) is 4.18. The molecular weight excluding hydrogens is 465 g/mol. The second-order valence-electron chi connectivity index (χ2n) is 8.78. The lowest BCUT2D eigenvalue weighted by Gasteiger charge is -2.37. The Hall–Kier alpha value is -3.86. The summed E-state index contributed by atoms with van der Waals surface area (Å²) in [7, 11) is 0. The number of nitrogens with zero attached hydrogens (tertiary/aromatic N) is 3. The molecule has 2 aliphatic heterocycles. The standard InChI is InChI=1S/C24H21F3N4O4/c25-18-10-20(27)19(26)9-17(18)21-15(11-28-29-21)12-30-7-5-24(6-8-30)13-31(23(34)35-24)16-3-1-14(2-4-16)22(32)33/h1-4,9-11H,5-8,12-13H2,(H,28,29)(H,32,33). The topological polar surface area (TPSA) is 98.8 Å². The smallest absolute Gasteiger partial charge is 0.415 e. The summed E-state index contributed by atoms with van der Waals surface area (Å²) in [4.78, 5) is 27.2. The number of carbonyl (C=O) groups is 2. The number of hydrogen-bond donors (Lipinski definition) is 2. The number of amides is 1. The van der Waals surface area contributed by atoms with Crippen molar-refractivity contribution in [1.82, 2.24) is 15.1 Å². The van der Waals surface area contributed by atoms with Crippen LogP contribution in [-0.4, -0.2) is 57.5 Å². The number of carbonyl (C=O) groups excluding carboxylic acids is 1. The molecule has 2 N–H and O–H groups in total. The number of hydrogen-bond acceptors (Lipinski definition) is 5. The second kappa shape index (κ2) is 8.73. The van der Waals surface area contributed by atoms with E-state index in [2.05, 4.69) is 15.1 Å². The fourth-order valence-electron chi connectivity index (χ4n) is 4.60. The zero-order valence-electron chi connectivity index (χ0n) is 18.4. The zero-order valence-corrected chi connectivity index (χ0v) is 18.4. The number of nitrogens with one attached hydrogen (secondary N) is 1. The Balaban J connectivity index is 1.25. The van der Waals surface area contributed by atoms with Gasteiger partial charge in [-0.15, -0.1) is 0 Å². The molecule has 0 bridgehead atoms. The lowest BCUT2D eigenvalue weighted by atomic mass is 9.91. The van der Waals surface area contributed by atoms with Crippen molar-refractivity contribution in [3.8, 4) is 11.3 Å². The van der Waals surface area contributed by atoms with Crippen molar-refractivity contribution < 1.29 is 32.6 Å². The molecule has 0 saturated carbocycles. The average molecular weight is 486 g/mol. The number of anilines is 1. The maximum absolute atomic E-state index is 14.3. The summed E-state index contributed by atoms with van der Waals surface area (Å²) in [5.41, 5.74) is 0.852. The molecule has 1 amide bonds. The normalized spacial score (nSPS) is 17.7. The minimum absolute atomic E-state index is 0.0980. The fraction of sp³-hybridized carbons (Fsp3) is 0.292. The number of aromatic carboxylic acids is 1. The molecule has 2 aromatic carbocycles. The van der Waals surface area contributed by atoms with E-state index in [1.165, 1.54) is 23.2 Å². The van der Waals surface area contributed by atoms with E-state index in [-0.39, 0.29) is 16.8 Å². The highest BCUT2D eigenvalue weighted by Gasteiger charge is 2.47. The number of H-pyrrole nitrogens is 1. The molecule has 35 heavy (non-hydrogen) atoms. The van der Waals surface area contributed by atoms with E-state index < -0.39 is 35.1 Å². The quantitative estimate of drug-likeness (QED) is 0.525. The number of rotatable bonds is 5. The Kier molecular flexibility index (Phi) is 5.72. The maximum Gasteiger partial charge on any atom is 0.415 e. The second-order valence-corrected chi connectivity index (χ2v) is 8.78. The number of carboxylic acid groups (broad SMARTS) is 1. The summed E-state index contributed by atoms with van der Waals surface area (Å²) in [6.07, 6.45) is 2.18. The first-order valence-electron chi connectivity index (χ1n) is 11.0. The lowest BCUT2D eigenvalue weighted by Crippen LogP contribution is -2.46.